The summed E-state index contributed by atoms with van der Waals surface area (Å²) < 4.78 is 5.92. The molecule has 3 aromatic rings. The van der Waals surface area contributed by atoms with Gasteiger partial charge in [0.25, 0.3) is 0 Å². The summed E-state index contributed by atoms with van der Waals surface area (Å²) >= 11 is 0. The van der Waals surface area contributed by atoms with Crippen molar-refractivity contribution in [2.24, 2.45) is 0 Å². The number of hydrogen-bond donors (Lipinski definition) is 1. The molecule has 34 heavy (non-hydrogen) atoms. The fourth-order valence-corrected chi connectivity index (χ4v) is 6.42. The van der Waals surface area contributed by atoms with E-state index in [9.17, 15) is 0 Å². The molecule has 4 heterocycles. The van der Waals surface area contributed by atoms with Crippen molar-refractivity contribution in [2.45, 2.75) is 75.3 Å². The van der Waals surface area contributed by atoms with Crippen LogP contribution in [0.15, 0.2) is 41.1 Å². The van der Waals surface area contributed by atoms with Crippen molar-refractivity contribution >= 4 is 0 Å². The molecule has 2 aliphatic heterocycles. The van der Waals surface area contributed by atoms with Crippen LogP contribution in [0, 0.1) is 0 Å². The molecular formula is C28H37N5O. The fourth-order valence-electron chi connectivity index (χ4n) is 6.42. The standard InChI is InChI=1S/C28H37N5O/c1-32-15-3-5-25(32)27-29-17-23(30-27)21-11-7-19(8-12-21)20-9-13-22(14-10-20)24-18-34-28(31-24)26-6-4-16-33(26)2/h7-8,11-12,17-18,20,22,25-26H,3-6,9-10,13-16H2,1-2H3,(H,29,30)/t20?,22?,25-,26-/m1/s1. The first kappa shape index (κ1) is 22.1. The first-order chi connectivity index (χ1) is 16.7. The van der Waals surface area contributed by atoms with Gasteiger partial charge in [0.05, 0.1) is 23.5 Å². The average molecular weight is 460 g/mol. The highest BCUT2D eigenvalue weighted by atomic mass is 16.3. The second-order valence-corrected chi connectivity index (χ2v) is 10.7. The Morgan fingerprint density at radius 2 is 1.50 bits per heavy atom. The third-order valence-electron chi connectivity index (χ3n) is 8.60. The Bertz CT molecular complexity index is 1090. The number of nitrogens with zero attached hydrogens (tertiary/aromatic N) is 4. The fraction of sp³-hybridized carbons (Fsp3) is 0.571. The third-order valence-corrected chi connectivity index (χ3v) is 8.60. The van der Waals surface area contributed by atoms with E-state index < -0.39 is 0 Å². The molecule has 1 aliphatic carbocycles. The number of nitrogens with one attached hydrogen (secondary N) is 1. The molecule has 0 bridgehead atoms. The van der Waals surface area contributed by atoms with Gasteiger partial charge in [-0.05, 0) is 90.0 Å². The lowest BCUT2D eigenvalue weighted by atomic mass is 9.77. The zero-order valence-electron chi connectivity index (χ0n) is 20.5. The molecule has 0 amide bonds. The van der Waals surface area contributed by atoms with Gasteiger partial charge in [-0.2, -0.15) is 0 Å². The highest BCUT2D eigenvalue weighted by Crippen LogP contribution is 2.41. The molecule has 180 valence electrons. The molecule has 0 unspecified atom stereocenters. The molecule has 2 saturated heterocycles. The van der Waals surface area contributed by atoms with Gasteiger partial charge in [-0.3, -0.25) is 9.80 Å². The van der Waals surface area contributed by atoms with Crippen molar-refractivity contribution < 1.29 is 4.42 Å². The lowest BCUT2D eigenvalue weighted by molar-refractivity contribution is 0.268. The Balaban J connectivity index is 1.07. The van der Waals surface area contributed by atoms with Gasteiger partial charge < -0.3 is 9.40 Å². The lowest BCUT2D eigenvalue weighted by Crippen LogP contribution is -2.18. The number of imidazole rings is 1. The molecule has 1 aromatic carbocycles. The van der Waals surface area contributed by atoms with E-state index >= 15 is 0 Å². The quantitative estimate of drug-likeness (QED) is 0.504. The van der Waals surface area contributed by atoms with Gasteiger partial charge in [0.1, 0.15) is 12.1 Å². The van der Waals surface area contributed by atoms with E-state index in [1.807, 2.05) is 6.26 Å². The number of benzene rings is 1. The Morgan fingerprint density at radius 3 is 2.18 bits per heavy atom. The van der Waals surface area contributed by atoms with E-state index in [0.717, 1.165) is 36.9 Å². The molecular weight excluding hydrogens is 422 g/mol. The molecule has 3 aliphatic rings. The number of rotatable bonds is 5. The Kier molecular flexibility index (Phi) is 6.04. The number of aromatic amines is 1. The number of hydrogen-bond acceptors (Lipinski definition) is 5. The molecule has 3 fully saturated rings. The minimum Gasteiger partial charge on any atom is -0.447 e. The summed E-state index contributed by atoms with van der Waals surface area (Å²) in [7, 11) is 4.37. The van der Waals surface area contributed by atoms with Crippen LogP contribution < -0.4 is 0 Å². The number of H-pyrrole nitrogens is 1. The molecule has 1 saturated carbocycles. The second kappa shape index (κ2) is 9.31. The molecule has 2 atom stereocenters. The van der Waals surface area contributed by atoms with Crippen molar-refractivity contribution in [3.05, 3.63) is 59.7 Å². The largest absolute Gasteiger partial charge is 0.447 e. The van der Waals surface area contributed by atoms with E-state index in [1.165, 1.54) is 61.8 Å². The Hall–Kier alpha value is -2.44. The predicted molar refractivity (Wildman–Crippen MR) is 134 cm³/mol. The predicted octanol–water partition coefficient (Wildman–Crippen LogP) is 6.04. The number of oxazole rings is 1. The van der Waals surface area contributed by atoms with Crippen molar-refractivity contribution in [3.63, 3.8) is 0 Å². The minimum absolute atomic E-state index is 0.369. The topological polar surface area (TPSA) is 61.2 Å². The molecule has 2 aromatic heterocycles. The SMILES string of the molecule is CN1CCC[C@@H]1c1nc(-c2ccc(C3CCC(c4coc([C@H]5CCCN5C)n4)CC3)cc2)c[nH]1. The molecule has 6 nitrogen and oxygen atoms in total. The van der Waals surface area contributed by atoms with Crippen LogP contribution in [0.1, 0.15) is 98.3 Å². The zero-order chi connectivity index (χ0) is 23.1. The molecule has 6 heteroatoms. The molecule has 6 rings (SSSR count). The summed E-state index contributed by atoms with van der Waals surface area (Å²) in [6.45, 7) is 2.30. The van der Waals surface area contributed by atoms with Crippen molar-refractivity contribution in [1.82, 2.24) is 24.8 Å². The number of aromatic nitrogens is 3. The monoisotopic (exact) mass is 459 g/mol. The van der Waals surface area contributed by atoms with Gasteiger partial charge >= 0.3 is 0 Å². The van der Waals surface area contributed by atoms with Crippen LogP contribution in [0.25, 0.3) is 11.3 Å². The van der Waals surface area contributed by atoms with Gasteiger partial charge in [0, 0.05) is 17.7 Å². The Labute approximate surface area is 202 Å². The summed E-state index contributed by atoms with van der Waals surface area (Å²) in [4.78, 5) is 18.0. The molecule has 1 N–H and O–H groups in total. The van der Waals surface area contributed by atoms with Gasteiger partial charge in [-0.25, -0.2) is 9.97 Å². The van der Waals surface area contributed by atoms with Crippen molar-refractivity contribution in [1.29, 1.82) is 0 Å². The van der Waals surface area contributed by atoms with Gasteiger partial charge in [-0.1, -0.05) is 24.3 Å². The van der Waals surface area contributed by atoms with Crippen molar-refractivity contribution in [2.75, 3.05) is 27.2 Å². The summed E-state index contributed by atoms with van der Waals surface area (Å²) in [6, 6.07) is 9.95. The highest BCUT2D eigenvalue weighted by Gasteiger charge is 2.30. The second-order valence-electron chi connectivity index (χ2n) is 10.7. The first-order valence-corrected chi connectivity index (χ1v) is 13.2. The normalized spacial score (nSPS) is 28.6. The van der Waals surface area contributed by atoms with Crippen LogP contribution in [0.5, 0.6) is 0 Å². The van der Waals surface area contributed by atoms with Gasteiger partial charge in [0.15, 0.2) is 0 Å². The van der Waals surface area contributed by atoms with Crippen LogP contribution in [-0.4, -0.2) is 51.9 Å². The van der Waals surface area contributed by atoms with Crippen LogP contribution in [0.3, 0.4) is 0 Å². The zero-order valence-corrected chi connectivity index (χ0v) is 20.5. The van der Waals surface area contributed by atoms with E-state index in [0.29, 0.717) is 23.9 Å². The summed E-state index contributed by atoms with van der Waals surface area (Å²) in [6.07, 6.45) is 13.7. The minimum atomic E-state index is 0.369. The van der Waals surface area contributed by atoms with Gasteiger partial charge in [-0.15, -0.1) is 0 Å². The van der Waals surface area contributed by atoms with E-state index in [-0.39, 0.29) is 0 Å². The van der Waals surface area contributed by atoms with Crippen LogP contribution >= 0.6 is 0 Å². The van der Waals surface area contributed by atoms with E-state index in [2.05, 4.69) is 59.3 Å². The summed E-state index contributed by atoms with van der Waals surface area (Å²) in [5.41, 5.74) is 4.89. The van der Waals surface area contributed by atoms with Crippen LogP contribution in [0.4, 0.5) is 0 Å². The summed E-state index contributed by atoms with van der Waals surface area (Å²) in [5, 5.41) is 0. The van der Waals surface area contributed by atoms with E-state index in [4.69, 9.17) is 14.4 Å². The summed E-state index contributed by atoms with van der Waals surface area (Å²) in [5.74, 6) is 3.21. The van der Waals surface area contributed by atoms with Crippen LogP contribution in [-0.2, 0) is 0 Å². The van der Waals surface area contributed by atoms with E-state index in [1.54, 1.807) is 0 Å². The maximum atomic E-state index is 5.92. The smallest absolute Gasteiger partial charge is 0.211 e. The lowest BCUT2D eigenvalue weighted by Gasteiger charge is -2.27. The van der Waals surface area contributed by atoms with Crippen molar-refractivity contribution in [3.8, 4) is 11.3 Å². The molecule has 0 radical (unpaired) electrons. The highest BCUT2D eigenvalue weighted by molar-refractivity contribution is 5.59. The third kappa shape index (κ3) is 4.22. The maximum Gasteiger partial charge on any atom is 0.211 e. The van der Waals surface area contributed by atoms with Crippen LogP contribution in [0.2, 0.25) is 0 Å². The Morgan fingerprint density at radius 1 is 0.824 bits per heavy atom. The molecule has 0 spiro atoms. The average Bonchev–Trinajstić information content (AvgIpc) is 3.66. The van der Waals surface area contributed by atoms with Gasteiger partial charge in [0.2, 0.25) is 5.89 Å². The maximum absolute atomic E-state index is 5.92. The first-order valence-electron chi connectivity index (χ1n) is 13.2. The number of likely N-dealkylation sites (tertiary alicyclic amines) is 2.